The van der Waals surface area contributed by atoms with Gasteiger partial charge in [-0.2, -0.15) is 0 Å². The van der Waals surface area contributed by atoms with Crippen molar-refractivity contribution in [2.45, 2.75) is 26.2 Å². The summed E-state index contributed by atoms with van der Waals surface area (Å²) in [5.41, 5.74) is 0. The molecule has 0 aliphatic carbocycles. The highest BCUT2D eigenvalue weighted by molar-refractivity contribution is 7.89. The zero-order chi connectivity index (χ0) is 14.6. The summed E-state index contributed by atoms with van der Waals surface area (Å²) in [6.07, 6.45) is 3.40. The van der Waals surface area contributed by atoms with E-state index in [0.717, 1.165) is 0 Å². The van der Waals surface area contributed by atoms with Crippen LogP contribution in [-0.2, 0) is 14.8 Å². The SMILES string of the molecule is CCCS(=O)(=O)N1CCC(C(=O)Nc2nccs2)CC1. The highest BCUT2D eigenvalue weighted by Crippen LogP contribution is 2.22. The van der Waals surface area contributed by atoms with Crippen molar-refractivity contribution in [3.05, 3.63) is 11.6 Å². The van der Waals surface area contributed by atoms with Gasteiger partial charge in [0.2, 0.25) is 15.9 Å². The molecule has 8 heteroatoms. The second-order valence-electron chi connectivity index (χ2n) is 4.82. The van der Waals surface area contributed by atoms with Gasteiger partial charge >= 0.3 is 0 Å². The van der Waals surface area contributed by atoms with Gasteiger partial charge in [0.05, 0.1) is 5.75 Å². The fourth-order valence-electron chi connectivity index (χ4n) is 2.28. The van der Waals surface area contributed by atoms with Crippen molar-refractivity contribution in [3.63, 3.8) is 0 Å². The number of carbonyl (C=O) groups excluding carboxylic acids is 1. The topological polar surface area (TPSA) is 79.4 Å². The lowest BCUT2D eigenvalue weighted by atomic mass is 9.97. The third-order valence-electron chi connectivity index (χ3n) is 3.34. The van der Waals surface area contributed by atoms with Crippen molar-refractivity contribution in [3.8, 4) is 0 Å². The van der Waals surface area contributed by atoms with E-state index in [1.807, 2.05) is 6.92 Å². The Morgan fingerprint density at radius 2 is 2.20 bits per heavy atom. The lowest BCUT2D eigenvalue weighted by Gasteiger charge is -2.30. The monoisotopic (exact) mass is 317 g/mol. The number of sulfonamides is 1. The van der Waals surface area contributed by atoms with Crippen molar-refractivity contribution < 1.29 is 13.2 Å². The van der Waals surface area contributed by atoms with Crippen LogP contribution < -0.4 is 5.32 Å². The van der Waals surface area contributed by atoms with Crippen LogP contribution in [0.25, 0.3) is 0 Å². The second kappa shape index (κ2) is 6.64. The Balaban J connectivity index is 1.86. The van der Waals surface area contributed by atoms with Gasteiger partial charge in [-0.15, -0.1) is 11.3 Å². The Hall–Kier alpha value is -0.990. The van der Waals surface area contributed by atoms with Crippen molar-refractivity contribution in [1.82, 2.24) is 9.29 Å². The molecule has 0 saturated carbocycles. The van der Waals surface area contributed by atoms with Crippen LogP contribution in [0.15, 0.2) is 11.6 Å². The predicted molar refractivity (Wildman–Crippen MR) is 79.1 cm³/mol. The number of anilines is 1. The molecule has 1 aromatic rings. The van der Waals surface area contributed by atoms with Crippen LogP contribution in [0.4, 0.5) is 5.13 Å². The number of hydrogen-bond acceptors (Lipinski definition) is 5. The molecule has 1 aliphatic heterocycles. The van der Waals surface area contributed by atoms with Gasteiger partial charge < -0.3 is 5.32 Å². The zero-order valence-corrected chi connectivity index (χ0v) is 13.0. The molecule has 0 unspecified atom stereocenters. The number of amides is 1. The summed E-state index contributed by atoms with van der Waals surface area (Å²) in [5, 5.41) is 5.17. The fraction of sp³-hybridized carbons (Fsp3) is 0.667. The number of aromatic nitrogens is 1. The van der Waals surface area contributed by atoms with Gasteiger partial charge in [0.1, 0.15) is 0 Å². The van der Waals surface area contributed by atoms with Crippen LogP contribution >= 0.6 is 11.3 Å². The van der Waals surface area contributed by atoms with Crippen molar-refractivity contribution >= 4 is 32.4 Å². The van der Waals surface area contributed by atoms with E-state index in [2.05, 4.69) is 10.3 Å². The average Bonchev–Trinajstić information content (AvgIpc) is 2.91. The van der Waals surface area contributed by atoms with Crippen LogP contribution in [0.5, 0.6) is 0 Å². The quantitative estimate of drug-likeness (QED) is 0.893. The molecule has 2 heterocycles. The summed E-state index contributed by atoms with van der Waals surface area (Å²) in [6, 6.07) is 0. The largest absolute Gasteiger partial charge is 0.302 e. The van der Waals surface area contributed by atoms with Crippen LogP contribution in [0, 0.1) is 5.92 Å². The molecular weight excluding hydrogens is 298 g/mol. The first-order valence-electron chi connectivity index (χ1n) is 6.71. The van der Waals surface area contributed by atoms with E-state index in [1.54, 1.807) is 11.6 Å². The van der Waals surface area contributed by atoms with E-state index >= 15 is 0 Å². The first kappa shape index (κ1) is 15.4. The Bertz CT molecular complexity index is 534. The van der Waals surface area contributed by atoms with Crippen LogP contribution in [0.1, 0.15) is 26.2 Å². The maximum atomic E-state index is 12.0. The molecule has 1 aliphatic rings. The Kier molecular flexibility index (Phi) is 5.11. The van der Waals surface area contributed by atoms with Gasteiger partial charge in [-0.25, -0.2) is 17.7 Å². The van der Waals surface area contributed by atoms with E-state index in [4.69, 9.17) is 0 Å². The number of nitrogens with zero attached hydrogens (tertiary/aromatic N) is 2. The van der Waals surface area contributed by atoms with Crippen LogP contribution in [-0.4, -0.2) is 42.5 Å². The Labute approximate surface area is 123 Å². The number of thiazole rings is 1. The lowest BCUT2D eigenvalue weighted by Crippen LogP contribution is -2.42. The van der Waals surface area contributed by atoms with Crippen molar-refractivity contribution in [2.24, 2.45) is 5.92 Å². The summed E-state index contributed by atoms with van der Waals surface area (Å²) < 4.78 is 25.4. The number of carbonyl (C=O) groups is 1. The minimum atomic E-state index is -3.14. The average molecular weight is 317 g/mol. The Morgan fingerprint density at radius 1 is 1.50 bits per heavy atom. The van der Waals surface area contributed by atoms with Gasteiger partial charge in [0, 0.05) is 30.6 Å². The predicted octanol–water partition coefficient (Wildman–Crippen LogP) is 1.53. The lowest BCUT2D eigenvalue weighted by molar-refractivity contribution is -0.120. The van der Waals surface area contributed by atoms with E-state index in [0.29, 0.717) is 37.5 Å². The molecule has 0 bridgehead atoms. The molecule has 0 radical (unpaired) electrons. The molecule has 1 aromatic heterocycles. The molecule has 6 nitrogen and oxygen atoms in total. The molecule has 20 heavy (non-hydrogen) atoms. The normalized spacial score (nSPS) is 18.1. The zero-order valence-electron chi connectivity index (χ0n) is 11.4. The molecule has 112 valence electrons. The number of nitrogens with one attached hydrogen (secondary N) is 1. The number of hydrogen-bond donors (Lipinski definition) is 1. The number of piperidine rings is 1. The first-order valence-corrected chi connectivity index (χ1v) is 9.20. The van der Waals surface area contributed by atoms with Gasteiger partial charge in [-0.1, -0.05) is 6.92 Å². The van der Waals surface area contributed by atoms with Crippen molar-refractivity contribution in [1.29, 1.82) is 0 Å². The molecule has 1 N–H and O–H groups in total. The number of rotatable bonds is 5. The first-order chi connectivity index (χ1) is 9.53. The third-order valence-corrected chi connectivity index (χ3v) is 6.11. The molecular formula is C12H19N3O3S2. The van der Waals surface area contributed by atoms with Gasteiger partial charge in [-0.05, 0) is 19.3 Å². The van der Waals surface area contributed by atoms with Gasteiger partial charge in [0.15, 0.2) is 5.13 Å². The highest BCUT2D eigenvalue weighted by Gasteiger charge is 2.30. The van der Waals surface area contributed by atoms with Gasteiger partial charge in [-0.3, -0.25) is 4.79 Å². The molecule has 0 atom stereocenters. The van der Waals surface area contributed by atoms with E-state index < -0.39 is 10.0 Å². The smallest absolute Gasteiger partial charge is 0.229 e. The van der Waals surface area contributed by atoms with Crippen LogP contribution in [0.2, 0.25) is 0 Å². The maximum absolute atomic E-state index is 12.0. The van der Waals surface area contributed by atoms with Gasteiger partial charge in [0.25, 0.3) is 0 Å². The molecule has 1 fully saturated rings. The molecule has 1 saturated heterocycles. The Morgan fingerprint density at radius 3 is 2.75 bits per heavy atom. The molecule has 2 rings (SSSR count). The van der Waals surface area contributed by atoms with E-state index in [9.17, 15) is 13.2 Å². The summed E-state index contributed by atoms with van der Waals surface area (Å²) in [4.78, 5) is 16.0. The third kappa shape index (κ3) is 3.77. The standard InChI is InChI=1S/C12H19N3O3S2/c1-2-9-20(17,18)15-6-3-10(4-7-15)11(16)14-12-13-5-8-19-12/h5,8,10H,2-4,6-7,9H2,1H3,(H,13,14,16). The molecule has 0 aromatic carbocycles. The summed E-state index contributed by atoms with van der Waals surface area (Å²) >= 11 is 1.38. The highest BCUT2D eigenvalue weighted by atomic mass is 32.2. The summed E-state index contributed by atoms with van der Waals surface area (Å²) in [7, 11) is -3.14. The molecule has 0 spiro atoms. The molecule has 1 amide bonds. The van der Waals surface area contributed by atoms with E-state index in [-0.39, 0.29) is 17.6 Å². The minimum absolute atomic E-state index is 0.0625. The maximum Gasteiger partial charge on any atom is 0.229 e. The van der Waals surface area contributed by atoms with E-state index in [1.165, 1.54) is 15.6 Å². The minimum Gasteiger partial charge on any atom is -0.302 e. The summed E-state index contributed by atoms with van der Waals surface area (Å²) in [6.45, 7) is 2.71. The van der Waals surface area contributed by atoms with Crippen LogP contribution in [0.3, 0.4) is 0 Å². The fourth-order valence-corrected chi connectivity index (χ4v) is 4.35. The summed E-state index contributed by atoms with van der Waals surface area (Å²) in [5.74, 6) is -0.0114. The second-order valence-corrected chi connectivity index (χ2v) is 7.80. The van der Waals surface area contributed by atoms with Crippen molar-refractivity contribution in [2.75, 3.05) is 24.2 Å².